The molecule has 1 aromatic carbocycles. The number of benzene rings is 1. The number of para-hydroxylation sites is 1. The van der Waals surface area contributed by atoms with E-state index in [9.17, 15) is 0 Å². The largest absolute Gasteiger partial charge is 0.493 e. The number of ether oxygens (including phenoxy) is 3. The van der Waals surface area contributed by atoms with Crippen molar-refractivity contribution in [1.29, 1.82) is 0 Å². The minimum Gasteiger partial charge on any atom is -0.493 e. The van der Waals surface area contributed by atoms with Crippen LogP contribution in [0.2, 0.25) is 0 Å². The predicted molar refractivity (Wildman–Crippen MR) is 94.5 cm³/mol. The molecule has 0 amide bonds. The molecule has 6 nitrogen and oxygen atoms in total. The highest BCUT2D eigenvalue weighted by molar-refractivity contribution is 5.51. The van der Waals surface area contributed by atoms with Gasteiger partial charge in [-0.05, 0) is 38.8 Å². The van der Waals surface area contributed by atoms with Crippen LogP contribution in [0, 0.1) is 13.8 Å². The number of hydrogen-bond acceptors (Lipinski definition) is 6. The summed E-state index contributed by atoms with van der Waals surface area (Å²) in [4.78, 5) is 2.42. The van der Waals surface area contributed by atoms with Gasteiger partial charge in [-0.25, -0.2) is 0 Å². The molecule has 0 aliphatic carbocycles. The summed E-state index contributed by atoms with van der Waals surface area (Å²) in [6, 6.07) is 5.69. The van der Waals surface area contributed by atoms with E-state index < -0.39 is 0 Å². The highest BCUT2D eigenvalue weighted by Gasteiger charge is 2.24. The maximum absolute atomic E-state index is 6.22. The quantitative estimate of drug-likeness (QED) is 0.799. The first-order valence-electron chi connectivity index (χ1n) is 8.64. The van der Waals surface area contributed by atoms with E-state index in [0.29, 0.717) is 17.2 Å². The molecule has 0 unspecified atom stereocenters. The molecule has 1 aliphatic rings. The van der Waals surface area contributed by atoms with Crippen molar-refractivity contribution < 1.29 is 18.7 Å². The Hall–Kier alpha value is -2.21. The minimum atomic E-state index is 0.158. The Morgan fingerprint density at radius 2 is 1.76 bits per heavy atom. The first-order valence-corrected chi connectivity index (χ1v) is 8.64. The van der Waals surface area contributed by atoms with Crippen LogP contribution in [0.15, 0.2) is 22.7 Å². The number of likely N-dealkylation sites (tertiary alicyclic amines) is 1. The van der Waals surface area contributed by atoms with E-state index in [4.69, 9.17) is 18.7 Å². The van der Waals surface area contributed by atoms with E-state index >= 15 is 0 Å². The SMILES string of the molecule is COc1cccc(OC)c1OC1CCN(Cc2c(C)noc2C)CC1. The van der Waals surface area contributed by atoms with Crippen LogP contribution in [0.1, 0.15) is 29.9 Å². The molecule has 136 valence electrons. The highest BCUT2D eigenvalue weighted by atomic mass is 16.5. The van der Waals surface area contributed by atoms with Gasteiger partial charge in [0.05, 0.1) is 19.9 Å². The Kier molecular flexibility index (Phi) is 5.48. The van der Waals surface area contributed by atoms with Gasteiger partial charge in [0.25, 0.3) is 0 Å². The average Bonchev–Trinajstić information content (AvgIpc) is 2.95. The summed E-state index contributed by atoms with van der Waals surface area (Å²) in [6.07, 6.45) is 2.08. The number of nitrogens with zero attached hydrogens (tertiary/aromatic N) is 2. The molecule has 1 aliphatic heterocycles. The fourth-order valence-electron chi connectivity index (χ4n) is 3.24. The lowest BCUT2D eigenvalue weighted by molar-refractivity contribution is 0.0914. The summed E-state index contributed by atoms with van der Waals surface area (Å²) in [5, 5.41) is 4.04. The molecule has 2 heterocycles. The van der Waals surface area contributed by atoms with Crippen LogP contribution in [-0.2, 0) is 6.54 Å². The fraction of sp³-hybridized carbons (Fsp3) is 0.526. The summed E-state index contributed by atoms with van der Waals surface area (Å²) in [6.45, 7) is 6.80. The second kappa shape index (κ2) is 7.78. The molecule has 1 fully saturated rings. The van der Waals surface area contributed by atoms with E-state index in [1.165, 1.54) is 5.56 Å². The van der Waals surface area contributed by atoms with Crippen molar-refractivity contribution >= 4 is 0 Å². The third kappa shape index (κ3) is 3.90. The van der Waals surface area contributed by atoms with Crippen LogP contribution in [-0.4, -0.2) is 43.5 Å². The lowest BCUT2D eigenvalue weighted by atomic mass is 10.1. The average molecular weight is 346 g/mol. The van der Waals surface area contributed by atoms with Crippen LogP contribution in [0.5, 0.6) is 17.2 Å². The minimum absolute atomic E-state index is 0.158. The van der Waals surface area contributed by atoms with E-state index in [0.717, 1.165) is 43.9 Å². The van der Waals surface area contributed by atoms with Crippen LogP contribution < -0.4 is 14.2 Å². The van der Waals surface area contributed by atoms with Gasteiger partial charge in [0.15, 0.2) is 11.5 Å². The number of methoxy groups -OCH3 is 2. The normalized spacial score (nSPS) is 16.0. The number of hydrogen-bond donors (Lipinski definition) is 0. The van der Waals surface area contributed by atoms with Gasteiger partial charge in [0.1, 0.15) is 11.9 Å². The molecule has 1 aromatic heterocycles. The first kappa shape index (κ1) is 17.6. The molecule has 25 heavy (non-hydrogen) atoms. The van der Waals surface area contributed by atoms with Gasteiger partial charge >= 0.3 is 0 Å². The van der Waals surface area contributed by atoms with Gasteiger partial charge in [-0.1, -0.05) is 11.2 Å². The predicted octanol–water partition coefficient (Wildman–Crippen LogP) is 3.35. The molecule has 0 saturated carbocycles. The van der Waals surface area contributed by atoms with Crippen molar-refractivity contribution in [2.75, 3.05) is 27.3 Å². The topological polar surface area (TPSA) is 57.0 Å². The van der Waals surface area contributed by atoms with Crippen molar-refractivity contribution in [3.05, 3.63) is 35.2 Å². The van der Waals surface area contributed by atoms with Crippen molar-refractivity contribution in [3.63, 3.8) is 0 Å². The van der Waals surface area contributed by atoms with Gasteiger partial charge in [-0.15, -0.1) is 0 Å². The van der Waals surface area contributed by atoms with Crippen molar-refractivity contribution in [2.24, 2.45) is 0 Å². The second-order valence-corrected chi connectivity index (χ2v) is 6.39. The van der Waals surface area contributed by atoms with E-state index in [1.807, 2.05) is 32.0 Å². The first-order chi connectivity index (χ1) is 12.1. The third-order valence-corrected chi connectivity index (χ3v) is 4.76. The van der Waals surface area contributed by atoms with Gasteiger partial charge in [0, 0.05) is 25.2 Å². The Morgan fingerprint density at radius 1 is 1.12 bits per heavy atom. The lowest BCUT2D eigenvalue weighted by Crippen LogP contribution is -2.38. The summed E-state index contributed by atoms with van der Waals surface area (Å²) in [5.41, 5.74) is 2.18. The summed E-state index contributed by atoms with van der Waals surface area (Å²) < 4.78 is 22.3. The van der Waals surface area contributed by atoms with Gasteiger partial charge in [-0.3, -0.25) is 4.90 Å². The van der Waals surface area contributed by atoms with Crippen LogP contribution >= 0.6 is 0 Å². The van der Waals surface area contributed by atoms with E-state index in [-0.39, 0.29) is 6.10 Å². The molecule has 0 bridgehead atoms. The van der Waals surface area contributed by atoms with Crippen molar-refractivity contribution in [2.45, 2.75) is 39.3 Å². The van der Waals surface area contributed by atoms with Gasteiger partial charge < -0.3 is 18.7 Å². The van der Waals surface area contributed by atoms with Crippen LogP contribution in [0.3, 0.4) is 0 Å². The Morgan fingerprint density at radius 3 is 2.28 bits per heavy atom. The Labute approximate surface area is 148 Å². The molecule has 0 N–H and O–H groups in total. The van der Waals surface area contributed by atoms with Gasteiger partial charge in [0.2, 0.25) is 5.75 Å². The van der Waals surface area contributed by atoms with Crippen molar-refractivity contribution in [1.82, 2.24) is 10.1 Å². The summed E-state index contributed by atoms with van der Waals surface area (Å²) >= 11 is 0. The smallest absolute Gasteiger partial charge is 0.203 e. The number of aryl methyl sites for hydroxylation is 2. The monoisotopic (exact) mass is 346 g/mol. The molecule has 6 heteroatoms. The fourth-order valence-corrected chi connectivity index (χ4v) is 3.24. The maximum atomic E-state index is 6.22. The summed E-state index contributed by atoms with van der Waals surface area (Å²) in [5.74, 6) is 3.02. The molecule has 0 spiro atoms. The summed E-state index contributed by atoms with van der Waals surface area (Å²) in [7, 11) is 3.29. The molecule has 0 radical (unpaired) electrons. The molecular formula is C19H26N2O4. The Bertz CT molecular complexity index is 664. The van der Waals surface area contributed by atoms with Crippen LogP contribution in [0.25, 0.3) is 0 Å². The second-order valence-electron chi connectivity index (χ2n) is 6.39. The van der Waals surface area contributed by atoms with Gasteiger partial charge in [-0.2, -0.15) is 0 Å². The maximum Gasteiger partial charge on any atom is 0.203 e. The standard InChI is InChI=1S/C19H26N2O4/c1-13-16(14(2)25-20-13)12-21-10-8-15(9-11-21)24-19-17(22-3)6-5-7-18(19)23-4/h5-7,15H,8-12H2,1-4H3. The van der Waals surface area contributed by atoms with E-state index in [2.05, 4.69) is 10.1 Å². The van der Waals surface area contributed by atoms with Crippen LogP contribution in [0.4, 0.5) is 0 Å². The molecular weight excluding hydrogens is 320 g/mol. The number of rotatable bonds is 6. The van der Waals surface area contributed by atoms with E-state index in [1.54, 1.807) is 14.2 Å². The zero-order valence-electron chi connectivity index (χ0n) is 15.4. The van der Waals surface area contributed by atoms with Crippen molar-refractivity contribution in [3.8, 4) is 17.2 Å². The molecule has 1 saturated heterocycles. The molecule has 2 aromatic rings. The number of piperidine rings is 1. The Balaban J connectivity index is 1.60. The number of aromatic nitrogens is 1. The lowest BCUT2D eigenvalue weighted by Gasteiger charge is -2.32. The zero-order chi connectivity index (χ0) is 17.8. The molecule has 3 rings (SSSR count). The highest BCUT2D eigenvalue weighted by Crippen LogP contribution is 2.38. The molecule has 0 atom stereocenters. The zero-order valence-corrected chi connectivity index (χ0v) is 15.4. The third-order valence-electron chi connectivity index (χ3n) is 4.76.